The summed E-state index contributed by atoms with van der Waals surface area (Å²) in [5, 5.41) is 15.4. The van der Waals surface area contributed by atoms with E-state index in [1.54, 1.807) is 60.0 Å². The van der Waals surface area contributed by atoms with Crippen LogP contribution in [-0.2, 0) is 17.1 Å². The maximum Gasteiger partial charge on any atom is 0.261 e. The Morgan fingerprint density at radius 2 is 1.98 bits per heavy atom. The second-order valence-corrected chi connectivity index (χ2v) is 13.7. The molecule has 0 saturated carbocycles. The van der Waals surface area contributed by atoms with Crippen LogP contribution in [0.4, 0.5) is 5.69 Å². The number of sulfonamides is 1. The Morgan fingerprint density at radius 3 is 2.61 bits per heavy atom. The molecule has 5 rings (SSSR count). The van der Waals surface area contributed by atoms with Crippen LogP contribution in [0.5, 0.6) is 5.75 Å². The average Bonchev–Trinajstić information content (AvgIpc) is 3.71. The monoisotopic (exact) mass is 638 g/mol. The van der Waals surface area contributed by atoms with Crippen molar-refractivity contribution in [3.8, 4) is 16.3 Å². The zero-order chi connectivity index (χ0) is 31.6. The van der Waals surface area contributed by atoms with Crippen LogP contribution < -0.4 is 10.1 Å². The smallest absolute Gasteiger partial charge is 0.261 e. The van der Waals surface area contributed by atoms with E-state index in [0.717, 1.165) is 10.6 Å². The van der Waals surface area contributed by atoms with Gasteiger partial charge < -0.3 is 24.6 Å². The lowest BCUT2D eigenvalue weighted by atomic mass is 9.99. The summed E-state index contributed by atoms with van der Waals surface area (Å²) in [6.45, 7) is 3.48. The Balaban J connectivity index is 1.47. The van der Waals surface area contributed by atoms with Crippen molar-refractivity contribution in [3.05, 3.63) is 77.7 Å². The summed E-state index contributed by atoms with van der Waals surface area (Å²) in [5.74, 6) is -1.02. The number of carbonyl (C=O) groups is 2. The predicted molar refractivity (Wildman–Crippen MR) is 166 cm³/mol. The Bertz CT molecular complexity index is 1740. The molecule has 1 aliphatic heterocycles. The molecule has 3 heterocycles. The number of fused-ring (bicyclic) bond motifs is 1. The zero-order valence-corrected chi connectivity index (χ0v) is 26.4. The maximum atomic E-state index is 13.8. The van der Waals surface area contributed by atoms with E-state index in [1.165, 1.54) is 35.2 Å². The summed E-state index contributed by atoms with van der Waals surface area (Å²) in [7, 11) is -0.813. The van der Waals surface area contributed by atoms with E-state index in [4.69, 9.17) is 4.74 Å². The molecule has 1 aliphatic rings. The molecule has 4 aromatic rings. The van der Waals surface area contributed by atoms with Crippen LogP contribution >= 0.6 is 11.3 Å². The van der Waals surface area contributed by atoms with Gasteiger partial charge in [-0.3, -0.25) is 9.59 Å². The quantitative estimate of drug-likeness (QED) is 0.284. The van der Waals surface area contributed by atoms with Crippen LogP contribution in [0.3, 0.4) is 0 Å². The van der Waals surface area contributed by atoms with E-state index in [-0.39, 0.29) is 53.5 Å². The number of nitrogens with one attached hydrogen (secondary N) is 1. The molecule has 2 N–H and O–H groups in total. The molecule has 0 bridgehead atoms. The number of benzene rings is 2. The number of aliphatic hydroxyl groups is 1. The van der Waals surface area contributed by atoms with Crippen molar-refractivity contribution in [2.24, 2.45) is 13.0 Å². The number of amides is 2. The summed E-state index contributed by atoms with van der Waals surface area (Å²) in [6.07, 6.45) is 3.82. The van der Waals surface area contributed by atoms with Gasteiger partial charge in [0.15, 0.2) is 10.8 Å². The van der Waals surface area contributed by atoms with Gasteiger partial charge in [-0.2, -0.15) is 4.31 Å². The standard InChI is InChI=1S/C30H34N6O6S2/c1-19-14-36(20(2)17-37)30(39)23-6-5-7-24(33-28(38)21-8-10-22(11-9-21)29-31-12-13-43-29)27(23)42-25(19)15-35(4)44(40,41)26-16-34(3)18-32-26/h5-13,16,18-20,25,37H,14-15,17H2,1-4H3,(H,33,38)/t19-,20-,25-/m0/s1. The number of anilines is 1. The Kier molecular flexibility index (Phi) is 9.15. The first-order valence-electron chi connectivity index (χ1n) is 14.0. The van der Waals surface area contributed by atoms with Crippen LogP contribution in [0.1, 0.15) is 34.6 Å². The van der Waals surface area contributed by atoms with Gasteiger partial charge in [-0.15, -0.1) is 11.3 Å². The SMILES string of the molecule is C[C@H]1CN([C@@H](C)CO)C(=O)c2cccc(NC(=O)c3ccc(-c4nccs4)cc3)c2O[C@H]1CN(C)S(=O)(=O)c1cn(C)cn1. The fourth-order valence-corrected chi connectivity index (χ4v) is 6.70. The number of nitrogens with zero attached hydrogens (tertiary/aromatic N) is 5. The summed E-state index contributed by atoms with van der Waals surface area (Å²) in [6, 6.07) is 11.4. The van der Waals surface area contributed by atoms with E-state index in [9.17, 15) is 23.1 Å². The van der Waals surface area contributed by atoms with Crippen molar-refractivity contribution in [2.45, 2.75) is 31.0 Å². The van der Waals surface area contributed by atoms with Crippen molar-refractivity contribution >= 4 is 38.9 Å². The third-order valence-electron chi connectivity index (χ3n) is 7.56. The third kappa shape index (κ3) is 6.38. The molecule has 2 amide bonds. The van der Waals surface area contributed by atoms with Gasteiger partial charge in [0, 0.05) is 55.5 Å². The number of carbonyl (C=O) groups excluding carboxylic acids is 2. The number of hydrogen-bond acceptors (Lipinski definition) is 9. The van der Waals surface area contributed by atoms with Gasteiger partial charge in [0.2, 0.25) is 0 Å². The number of para-hydroxylation sites is 1. The van der Waals surface area contributed by atoms with Crippen LogP contribution in [0.2, 0.25) is 0 Å². The Hall–Kier alpha value is -4.11. The molecule has 14 heteroatoms. The second kappa shape index (κ2) is 12.9. The number of rotatable bonds is 9. The normalized spacial score (nSPS) is 17.9. The van der Waals surface area contributed by atoms with Crippen LogP contribution in [0.25, 0.3) is 10.6 Å². The summed E-state index contributed by atoms with van der Waals surface area (Å²) in [4.78, 5) is 37.0. The fraction of sp³-hybridized carbons (Fsp3) is 0.333. The molecule has 0 aliphatic carbocycles. The first kappa shape index (κ1) is 31.3. The molecule has 0 spiro atoms. The molecule has 12 nitrogen and oxygen atoms in total. The lowest BCUT2D eigenvalue weighted by Gasteiger charge is -2.38. The topological polar surface area (TPSA) is 147 Å². The summed E-state index contributed by atoms with van der Waals surface area (Å²) in [5.41, 5.74) is 1.72. The lowest BCUT2D eigenvalue weighted by molar-refractivity contribution is 0.0388. The Labute approximate surface area is 260 Å². The highest BCUT2D eigenvalue weighted by atomic mass is 32.2. The highest BCUT2D eigenvalue weighted by Gasteiger charge is 2.36. The van der Waals surface area contributed by atoms with E-state index in [2.05, 4.69) is 15.3 Å². The molecule has 0 unspecified atom stereocenters. The summed E-state index contributed by atoms with van der Waals surface area (Å²) >= 11 is 1.50. The maximum absolute atomic E-state index is 13.8. The van der Waals surface area contributed by atoms with Crippen LogP contribution in [0.15, 0.2) is 71.6 Å². The highest BCUT2D eigenvalue weighted by Crippen LogP contribution is 2.35. The van der Waals surface area contributed by atoms with Gasteiger partial charge in [-0.05, 0) is 31.2 Å². The number of ether oxygens (including phenoxy) is 1. The molecule has 2 aromatic carbocycles. The van der Waals surface area contributed by atoms with Gasteiger partial charge >= 0.3 is 0 Å². The van der Waals surface area contributed by atoms with Gasteiger partial charge in [0.25, 0.3) is 21.8 Å². The van der Waals surface area contributed by atoms with Crippen molar-refractivity contribution in [1.29, 1.82) is 0 Å². The second-order valence-electron chi connectivity index (χ2n) is 10.8. The van der Waals surface area contributed by atoms with Gasteiger partial charge in [0.05, 0.1) is 36.8 Å². The number of imidazole rings is 1. The molecule has 3 atom stereocenters. The largest absolute Gasteiger partial charge is 0.486 e. The van der Waals surface area contributed by atoms with E-state index >= 15 is 0 Å². The minimum atomic E-state index is -3.94. The van der Waals surface area contributed by atoms with E-state index < -0.39 is 28.1 Å². The lowest BCUT2D eigenvalue weighted by Crippen LogP contribution is -2.50. The number of likely N-dealkylation sites (N-methyl/N-ethyl adjacent to an activating group) is 1. The van der Waals surface area contributed by atoms with Gasteiger partial charge in [-0.1, -0.05) is 25.1 Å². The molecule has 2 aromatic heterocycles. The number of aryl methyl sites for hydroxylation is 1. The zero-order valence-electron chi connectivity index (χ0n) is 24.7. The predicted octanol–water partition coefficient (Wildman–Crippen LogP) is 3.34. The Morgan fingerprint density at radius 1 is 1.23 bits per heavy atom. The first-order chi connectivity index (χ1) is 21.0. The highest BCUT2D eigenvalue weighted by molar-refractivity contribution is 7.89. The molecule has 232 valence electrons. The number of thiazole rings is 1. The number of aromatic nitrogens is 3. The van der Waals surface area contributed by atoms with Crippen molar-refractivity contribution in [1.82, 2.24) is 23.7 Å². The first-order valence-corrected chi connectivity index (χ1v) is 16.3. The van der Waals surface area contributed by atoms with Gasteiger partial charge in [-0.25, -0.2) is 18.4 Å². The number of aliphatic hydroxyl groups excluding tert-OH is 1. The minimum absolute atomic E-state index is 0.0600. The molecule has 0 fully saturated rings. The molecule has 44 heavy (non-hydrogen) atoms. The van der Waals surface area contributed by atoms with Crippen molar-refractivity contribution < 1.29 is 27.9 Å². The molecule has 0 saturated heterocycles. The summed E-state index contributed by atoms with van der Waals surface area (Å²) < 4.78 is 35.8. The van der Waals surface area contributed by atoms with Crippen LogP contribution in [0, 0.1) is 5.92 Å². The van der Waals surface area contributed by atoms with E-state index in [0.29, 0.717) is 5.56 Å². The number of hydrogen-bond donors (Lipinski definition) is 2. The van der Waals surface area contributed by atoms with Crippen molar-refractivity contribution in [3.63, 3.8) is 0 Å². The third-order valence-corrected chi connectivity index (χ3v) is 10.1. The fourth-order valence-electron chi connectivity index (χ4n) is 4.92. The van der Waals surface area contributed by atoms with Crippen LogP contribution in [-0.4, -0.2) is 88.0 Å². The molecule has 0 radical (unpaired) electrons. The van der Waals surface area contributed by atoms with Crippen molar-refractivity contribution in [2.75, 3.05) is 32.1 Å². The molecular weight excluding hydrogens is 605 g/mol. The average molecular weight is 639 g/mol. The molecular formula is C30H34N6O6S2. The van der Waals surface area contributed by atoms with Gasteiger partial charge in [0.1, 0.15) is 11.1 Å². The van der Waals surface area contributed by atoms with E-state index in [1.807, 2.05) is 24.4 Å². The minimum Gasteiger partial charge on any atom is -0.486 e.